The Kier molecular flexibility index (Phi) is 10.1. The minimum absolute atomic E-state index is 0.0289. The molecule has 1 aliphatic rings. The number of hydrogen-bond acceptors (Lipinski definition) is 4. The number of carbonyl (C=O) groups excluding carboxylic acids is 2. The highest BCUT2D eigenvalue weighted by molar-refractivity contribution is 8.00. The molecule has 1 unspecified atom stereocenters. The lowest BCUT2D eigenvalue weighted by atomic mass is 9.88. The van der Waals surface area contributed by atoms with Crippen LogP contribution >= 0.6 is 11.8 Å². The lowest BCUT2D eigenvalue weighted by Crippen LogP contribution is -2.25. The maximum atomic E-state index is 12.9. The highest BCUT2D eigenvalue weighted by Gasteiger charge is 2.22. The summed E-state index contributed by atoms with van der Waals surface area (Å²) < 4.78 is 5.68. The zero-order valence-electron chi connectivity index (χ0n) is 19.8. The van der Waals surface area contributed by atoms with E-state index in [9.17, 15) is 9.59 Å². The predicted octanol–water partition coefficient (Wildman–Crippen LogP) is 6.89. The van der Waals surface area contributed by atoms with Gasteiger partial charge in [0.1, 0.15) is 5.75 Å². The van der Waals surface area contributed by atoms with Crippen molar-refractivity contribution in [2.45, 2.75) is 75.4 Å². The molecule has 0 spiro atoms. The van der Waals surface area contributed by atoms with E-state index in [4.69, 9.17) is 4.74 Å². The smallest absolute Gasteiger partial charge is 0.237 e. The summed E-state index contributed by atoms with van der Waals surface area (Å²) in [4.78, 5) is 26.4. The molecule has 0 bridgehead atoms. The van der Waals surface area contributed by atoms with Gasteiger partial charge in [-0.15, -0.1) is 11.8 Å². The van der Waals surface area contributed by atoms with Crippen LogP contribution in [0.25, 0.3) is 0 Å². The number of benzene rings is 2. The Morgan fingerprint density at radius 3 is 2.45 bits per heavy atom. The number of rotatable bonds is 11. The number of ether oxygens (including phenoxy) is 1. The Bertz CT molecular complexity index is 894. The number of carbonyl (C=O) groups is 2. The quantitative estimate of drug-likeness (QED) is 0.278. The van der Waals surface area contributed by atoms with Crippen molar-refractivity contribution in [1.29, 1.82) is 0 Å². The van der Waals surface area contributed by atoms with Gasteiger partial charge in [0.15, 0.2) is 0 Å². The van der Waals surface area contributed by atoms with Crippen molar-refractivity contribution in [2.24, 2.45) is 5.92 Å². The van der Waals surface area contributed by atoms with Crippen LogP contribution in [0, 0.1) is 5.92 Å². The first-order valence-corrected chi connectivity index (χ1v) is 13.1. The Morgan fingerprint density at radius 2 is 1.76 bits per heavy atom. The van der Waals surface area contributed by atoms with Crippen LogP contribution < -0.4 is 15.4 Å². The number of nitrogens with one attached hydrogen (secondary N) is 2. The molecule has 1 saturated carbocycles. The van der Waals surface area contributed by atoms with Gasteiger partial charge in [0.2, 0.25) is 11.8 Å². The van der Waals surface area contributed by atoms with Crippen LogP contribution in [0.5, 0.6) is 5.75 Å². The summed E-state index contributed by atoms with van der Waals surface area (Å²) in [6.45, 7) is 4.85. The molecule has 178 valence electrons. The Hall–Kier alpha value is -2.47. The third-order valence-corrected chi connectivity index (χ3v) is 7.27. The molecule has 0 saturated heterocycles. The maximum Gasteiger partial charge on any atom is 0.237 e. The van der Waals surface area contributed by atoms with Crippen molar-refractivity contribution in [1.82, 2.24) is 0 Å². The summed E-state index contributed by atoms with van der Waals surface area (Å²) in [7, 11) is 0. The molecule has 1 atom stereocenters. The molecule has 0 aliphatic heterocycles. The predicted molar refractivity (Wildman–Crippen MR) is 137 cm³/mol. The number of anilines is 2. The third kappa shape index (κ3) is 8.11. The van der Waals surface area contributed by atoms with Crippen LogP contribution in [0.1, 0.15) is 65.2 Å². The molecular formula is C27H36N2O3S. The molecule has 33 heavy (non-hydrogen) atoms. The van der Waals surface area contributed by atoms with E-state index in [1.54, 1.807) is 0 Å². The van der Waals surface area contributed by atoms with E-state index >= 15 is 0 Å². The van der Waals surface area contributed by atoms with Crippen molar-refractivity contribution >= 4 is 35.0 Å². The molecule has 6 heteroatoms. The van der Waals surface area contributed by atoms with E-state index in [2.05, 4.69) is 17.6 Å². The maximum absolute atomic E-state index is 12.9. The van der Waals surface area contributed by atoms with E-state index in [1.807, 2.05) is 55.5 Å². The standard InChI is InChI=1S/C27H36N2O3S/c1-3-5-18-32-23-16-14-21(15-17-23)28-27(31)25(4-2)33-24-13-9-12-22(19-24)29-26(30)20-10-7-6-8-11-20/h9,12-17,19-20,25H,3-8,10-11,18H2,1-2H3,(H,28,31)(H,29,30). The van der Waals surface area contributed by atoms with Crippen LogP contribution in [0.15, 0.2) is 53.4 Å². The van der Waals surface area contributed by atoms with E-state index in [-0.39, 0.29) is 23.0 Å². The van der Waals surface area contributed by atoms with Crippen molar-refractivity contribution in [3.05, 3.63) is 48.5 Å². The van der Waals surface area contributed by atoms with Crippen molar-refractivity contribution in [3.8, 4) is 5.75 Å². The fourth-order valence-corrected chi connectivity index (χ4v) is 4.95. The van der Waals surface area contributed by atoms with E-state index in [1.165, 1.54) is 18.2 Å². The summed E-state index contributed by atoms with van der Waals surface area (Å²) in [6, 6.07) is 15.3. The summed E-state index contributed by atoms with van der Waals surface area (Å²) in [5.41, 5.74) is 1.56. The van der Waals surface area contributed by atoms with E-state index < -0.39 is 0 Å². The molecule has 2 amide bonds. The van der Waals surface area contributed by atoms with Crippen LogP contribution in [0.2, 0.25) is 0 Å². The molecule has 2 N–H and O–H groups in total. The molecule has 0 aromatic heterocycles. The van der Waals surface area contributed by atoms with Gasteiger partial charge in [-0.2, -0.15) is 0 Å². The molecule has 3 rings (SSSR count). The second kappa shape index (κ2) is 13.3. The zero-order valence-corrected chi connectivity index (χ0v) is 20.6. The fourth-order valence-electron chi connectivity index (χ4n) is 3.93. The molecule has 0 radical (unpaired) electrons. The second-order valence-electron chi connectivity index (χ2n) is 8.58. The van der Waals surface area contributed by atoms with Gasteiger partial charge in [-0.1, -0.05) is 45.6 Å². The van der Waals surface area contributed by atoms with Gasteiger partial charge in [-0.05, 0) is 68.1 Å². The zero-order chi connectivity index (χ0) is 23.5. The van der Waals surface area contributed by atoms with Crippen LogP contribution in [0.3, 0.4) is 0 Å². The molecular weight excluding hydrogens is 432 g/mol. The third-order valence-electron chi connectivity index (χ3n) is 5.91. The van der Waals surface area contributed by atoms with Gasteiger partial charge in [-0.3, -0.25) is 9.59 Å². The van der Waals surface area contributed by atoms with Crippen LogP contribution in [-0.4, -0.2) is 23.7 Å². The topological polar surface area (TPSA) is 67.4 Å². The first kappa shape index (κ1) is 25.2. The van der Waals surface area contributed by atoms with Crippen molar-refractivity contribution in [2.75, 3.05) is 17.2 Å². The van der Waals surface area contributed by atoms with E-state index in [0.29, 0.717) is 13.0 Å². The Morgan fingerprint density at radius 1 is 1.00 bits per heavy atom. The lowest BCUT2D eigenvalue weighted by Gasteiger charge is -2.21. The number of thioether (sulfide) groups is 1. The van der Waals surface area contributed by atoms with Crippen molar-refractivity contribution < 1.29 is 14.3 Å². The molecule has 0 heterocycles. The second-order valence-corrected chi connectivity index (χ2v) is 9.86. The average Bonchev–Trinajstić information content (AvgIpc) is 2.84. The highest BCUT2D eigenvalue weighted by atomic mass is 32.2. The molecule has 2 aromatic rings. The largest absolute Gasteiger partial charge is 0.494 e. The molecule has 1 aliphatic carbocycles. The minimum atomic E-state index is -0.227. The highest BCUT2D eigenvalue weighted by Crippen LogP contribution is 2.30. The minimum Gasteiger partial charge on any atom is -0.494 e. The average molecular weight is 469 g/mol. The summed E-state index contributed by atoms with van der Waals surface area (Å²) in [5, 5.41) is 5.86. The van der Waals surface area contributed by atoms with E-state index in [0.717, 1.165) is 60.5 Å². The van der Waals surface area contributed by atoms with Gasteiger partial charge < -0.3 is 15.4 Å². The van der Waals surface area contributed by atoms with Crippen LogP contribution in [-0.2, 0) is 9.59 Å². The summed E-state index contributed by atoms with van der Waals surface area (Å²) in [6.07, 6.45) is 8.28. The Labute approximate surface area is 202 Å². The Balaban J connectivity index is 1.54. The number of hydrogen-bond donors (Lipinski definition) is 2. The number of amides is 2. The monoisotopic (exact) mass is 468 g/mol. The summed E-state index contributed by atoms with van der Waals surface area (Å²) >= 11 is 1.52. The van der Waals surface area contributed by atoms with Gasteiger partial charge in [0.25, 0.3) is 0 Å². The van der Waals surface area contributed by atoms with Gasteiger partial charge >= 0.3 is 0 Å². The molecule has 2 aromatic carbocycles. The fraction of sp³-hybridized carbons (Fsp3) is 0.481. The summed E-state index contributed by atoms with van der Waals surface area (Å²) in [5.74, 6) is 1.02. The van der Waals surface area contributed by atoms with Gasteiger partial charge in [-0.25, -0.2) is 0 Å². The van der Waals surface area contributed by atoms with Gasteiger partial charge in [0.05, 0.1) is 11.9 Å². The van der Waals surface area contributed by atoms with Crippen LogP contribution in [0.4, 0.5) is 11.4 Å². The lowest BCUT2D eigenvalue weighted by molar-refractivity contribution is -0.120. The normalized spacial score (nSPS) is 15.0. The number of unbranched alkanes of at least 4 members (excludes halogenated alkanes) is 1. The van der Waals surface area contributed by atoms with Crippen molar-refractivity contribution in [3.63, 3.8) is 0 Å². The van der Waals surface area contributed by atoms with Gasteiger partial charge in [0, 0.05) is 22.2 Å². The first-order chi connectivity index (χ1) is 16.1. The molecule has 1 fully saturated rings. The SMILES string of the molecule is CCCCOc1ccc(NC(=O)C(CC)Sc2cccc(NC(=O)C3CCCCC3)c2)cc1. The molecule has 5 nitrogen and oxygen atoms in total. The first-order valence-electron chi connectivity index (χ1n) is 12.2.